The van der Waals surface area contributed by atoms with Gasteiger partial charge in [-0.25, -0.2) is 9.97 Å². The smallest absolute Gasteiger partial charge is 0.306 e. The lowest BCUT2D eigenvalue weighted by atomic mass is 9.95. The van der Waals surface area contributed by atoms with Crippen molar-refractivity contribution in [3.05, 3.63) is 53.4 Å². The van der Waals surface area contributed by atoms with E-state index in [9.17, 15) is 4.79 Å². The van der Waals surface area contributed by atoms with Gasteiger partial charge in [0.2, 0.25) is 5.28 Å². The van der Waals surface area contributed by atoms with Crippen molar-refractivity contribution in [3.63, 3.8) is 0 Å². The van der Waals surface area contributed by atoms with Crippen LogP contribution in [0.5, 0.6) is 0 Å². The minimum Gasteiger partial charge on any atom is -0.461 e. The molecule has 1 aromatic carbocycles. The van der Waals surface area contributed by atoms with Crippen LogP contribution in [0.2, 0.25) is 5.28 Å². The highest BCUT2D eigenvalue weighted by Crippen LogP contribution is 2.24. The van der Waals surface area contributed by atoms with Crippen LogP contribution in [0.3, 0.4) is 0 Å². The molecule has 0 amide bonds. The third-order valence-corrected chi connectivity index (χ3v) is 4.33. The summed E-state index contributed by atoms with van der Waals surface area (Å²) in [6.45, 7) is 2.04. The molecule has 1 aliphatic heterocycles. The number of ether oxygens (including phenoxy) is 1. The van der Waals surface area contributed by atoms with Crippen LogP contribution in [-0.4, -0.2) is 29.0 Å². The summed E-state index contributed by atoms with van der Waals surface area (Å²) in [6, 6.07) is 11.6. The van der Waals surface area contributed by atoms with Gasteiger partial charge in [0.05, 0.1) is 6.42 Å². The number of carbonyl (C=O) groups is 1. The van der Waals surface area contributed by atoms with Crippen LogP contribution >= 0.6 is 11.6 Å². The van der Waals surface area contributed by atoms with Crippen molar-refractivity contribution < 1.29 is 9.53 Å². The number of aromatic nitrogens is 2. The van der Waals surface area contributed by atoms with Gasteiger partial charge in [0.15, 0.2) is 0 Å². The van der Waals surface area contributed by atoms with E-state index in [0.717, 1.165) is 37.3 Å². The van der Waals surface area contributed by atoms with E-state index in [0.29, 0.717) is 13.0 Å². The number of hydrogen-bond donors (Lipinski definition) is 0. The lowest BCUT2D eigenvalue weighted by molar-refractivity contribution is -0.146. The number of nitrogens with zero attached hydrogens (tertiary/aromatic N) is 3. The van der Waals surface area contributed by atoms with E-state index in [1.54, 1.807) is 6.20 Å². The third-order valence-electron chi connectivity index (χ3n) is 4.15. The summed E-state index contributed by atoms with van der Waals surface area (Å²) in [7, 11) is 0. The van der Waals surface area contributed by atoms with Gasteiger partial charge in [-0.15, -0.1) is 0 Å². The van der Waals surface area contributed by atoms with Crippen LogP contribution in [0.1, 0.15) is 24.8 Å². The number of piperidine rings is 1. The van der Waals surface area contributed by atoms with Crippen molar-refractivity contribution >= 4 is 23.4 Å². The van der Waals surface area contributed by atoms with Gasteiger partial charge in [-0.3, -0.25) is 4.79 Å². The Morgan fingerprint density at radius 1 is 1.29 bits per heavy atom. The molecular weight excluding hydrogens is 326 g/mol. The Morgan fingerprint density at radius 2 is 2.12 bits per heavy atom. The van der Waals surface area contributed by atoms with E-state index < -0.39 is 0 Å². The number of hydrogen-bond acceptors (Lipinski definition) is 5. The summed E-state index contributed by atoms with van der Waals surface area (Å²) in [5.41, 5.74) is 1.01. The highest BCUT2D eigenvalue weighted by atomic mass is 35.5. The predicted molar refractivity (Wildman–Crippen MR) is 92.8 cm³/mol. The van der Waals surface area contributed by atoms with Crippen LogP contribution in [0.15, 0.2) is 42.6 Å². The molecule has 5 nitrogen and oxygen atoms in total. The summed E-state index contributed by atoms with van der Waals surface area (Å²) >= 11 is 5.86. The van der Waals surface area contributed by atoms with Gasteiger partial charge in [-0.2, -0.15) is 0 Å². The molecule has 24 heavy (non-hydrogen) atoms. The minimum absolute atomic E-state index is 0.147. The van der Waals surface area contributed by atoms with Crippen LogP contribution in [-0.2, 0) is 16.1 Å². The third kappa shape index (κ3) is 4.68. The van der Waals surface area contributed by atoms with Gasteiger partial charge in [0.1, 0.15) is 12.4 Å². The zero-order valence-corrected chi connectivity index (χ0v) is 14.2. The molecule has 0 bridgehead atoms. The molecule has 2 aromatic rings. The molecule has 1 atom stereocenters. The summed E-state index contributed by atoms with van der Waals surface area (Å²) in [4.78, 5) is 22.4. The second-order valence-corrected chi connectivity index (χ2v) is 6.33. The zero-order valence-electron chi connectivity index (χ0n) is 13.4. The topological polar surface area (TPSA) is 55.3 Å². The van der Waals surface area contributed by atoms with E-state index in [2.05, 4.69) is 14.9 Å². The van der Waals surface area contributed by atoms with Crippen molar-refractivity contribution in [1.29, 1.82) is 0 Å². The Morgan fingerprint density at radius 3 is 2.92 bits per heavy atom. The SMILES string of the molecule is O=C(C[C@@H]1CCCN(c2ccnc(Cl)n2)C1)OCc1ccccc1. The first kappa shape index (κ1) is 16.7. The maximum atomic E-state index is 12.1. The molecule has 0 aliphatic carbocycles. The number of carbonyl (C=O) groups excluding carboxylic acids is 1. The molecule has 0 spiro atoms. The largest absolute Gasteiger partial charge is 0.461 e. The molecule has 0 saturated carbocycles. The normalized spacial score (nSPS) is 17.5. The van der Waals surface area contributed by atoms with Crippen LogP contribution in [0, 0.1) is 5.92 Å². The molecule has 0 N–H and O–H groups in total. The first-order valence-corrected chi connectivity index (χ1v) is 8.51. The van der Waals surface area contributed by atoms with Crippen molar-refractivity contribution in [2.75, 3.05) is 18.0 Å². The van der Waals surface area contributed by atoms with Crippen molar-refractivity contribution in [2.45, 2.75) is 25.9 Å². The molecule has 0 unspecified atom stereocenters. The van der Waals surface area contributed by atoms with Crippen LogP contribution in [0.25, 0.3) is 0 Å². The fraction of sp³-hybridized carbons (Fsp3) is 0.389. The number of anilines is 1. The van der Waals surface area contributed by atoms with E-state index in [4.69, 9.17) is 16.3 Å². The quantitative estimate of drug-likeness (QED) is 0.613. The van der Waals surface area contributed by atoms with Gasteiger partial charge >= 0.3 is 5.97 Å². The summed E-state index contributed by atoms with van der Waals surface area (Å²) in [5, 5.41) is 0.247. The number of rotatable bonds is 5. The molecule has 1 aromatic heterocycles. The van der Waals surface area contributed by atoms with E-state index in [-0.39, 0.29) is 17.2 Å². The average Bonchev–Trinajstić information content (AvgIpc) is 2.61. The number of esters is 1. The first-order chi connectivity index (χ1) is 11.7. The second-order valence-electron chi connectivity index (χ2n) is 5.99. The van der Waals surface area contributed by atoms with Gasteiger partial charge in [0, 0.05) is 19.3 Å². The Bertz CT molecular complexity index is 681. The van der Waals surface area contributed by atoms with Gasteiger partial charge in [0.25, 0.3) is 0 Å². The van der Waals surface area contributed by atoms with Crippen molar-refractivity contribution in [1.82, 2.24) is 9.97 Å². The highest BCUT2D eigenvalue weighted by Gasteiger charge is 2.24. The minimum atomic E-state index is -0.147. The van der Waals surface area contributed by atoms with Gasteiger partial charge < -0.3 is 9.64 Å². The molecule has 1 saturated heterocycles. The molecule has 0 radical (unpaired) electrons. The Kier molecular flexibility index (Phi) is 5.64. The standard InChI is InChI=1S/C18H20ClN3O2/c19-18-20-9-8-16(21-18)22-10-4-7-15(12-22)11-17(23)24-13-14-5-2-1-3-6-14/h1-3,5-6,8-9,15H,4,7,10-13H2/t15-/m0/s1. The Balaban J connectivity index is 1.50. The van der Waals surface area contributed by atoms with Crippen molar-refractivity contribution in [2.24, 2.45) is 5.92 Å². The summed E-state index contributed by atoms with van der Waals surface area (Å²) in [5.74, 6) is 0.944. The molecule has 2 heterocycles. The first-order valence-electron chi connectivity index (χ1n) is 8.14. The highest BCUT2D eigenvalue weighted by molar-refractivity contribution is 6.28. The lowest BCUT2D eigenvalue weighted by Gasteiger charge is -2.33. The maximum Gasteiger partial charge on any atom is 0.306 e. The fourth-order valence-electron chi connectivity index (χ4n) is 2.97. The van der Waals surface area contributed by atoms with E-state index in [1.165, 1.54) is 0 Å². The van der Waals surface area contributed by atoms with Crippen LogP contribution in [0.4, 0.5) is 5.82 Å². The van der Waals surface area contributed by atoms with E-state index >= 15 is 0 Å². The lowest BCUT2D eigenvalue weighted by Crippen LogP contribution is -2.37. The Hall–Kier alpha value is -2.14. The molecule has 126 valence electrons. The van der Waals surface area contributed by atoms with Gasteiger partial charge in [-0.1, -0.05) is 30.3 Å². The second kappa shape index (κ2) is 8.11. The molecule has 1 aliphatic rings. The molecule has 1 fully saturated rings. The molecular formula is C18H20ClN3O2. The Labute approximate surface area is 146 Å². The maximum absolute atomic E-state index is 12.1. The monoisotopic (exact) mass is 345 g/mol. The fourth-order valence-corrected chi connectivity index (χ4v) is 3.12. The van der Waals surface area contributed by atoms with Crippen molar-refractivity contribution in [3.8, 4) is 0 Å². The zero-order chi connectivity index (χ0) is 16.8. The number of halogens is 1. The average molecular weight is 346 g/mol. The van der Waals surface area contributed by atoms with Gasteiger partial charge in [-0.05, 0) is 42.0 Å². The predicted octanol–water partition coefficient (Wildman–Crippen LogP) is 3.48. The van der Waals surface area contributed by atoms with E-state index in [1.807, 2.05) is 36.4 Å². The summed E-state index contributed by atoms with van der Waals surface area (Å²) < 4.78 is 5.39. The summed E-state index contributed by atoms with van der Waals surface area (Å²) in [6.07, 6.45) is 4.14. The number of benzene rings is 1. The molecule has 6 heteroatoms. The molecule has 3 rings (SSSR count). The van der Waals surface area contributed by atoms with Crippen LogP contribution < -0.4 is 4.90 Å².